The summed E-state index contributed by atoms with van der Waals surface area (Å²) >= 11 is 0. The molecule has 146 valence electrons. The van der Waals surface area contributed by atoms with Gasteiger partial charge < -0.3 is 9.64 Å². The van der Waals surface area contributed by atoms with Crippen LogP contribution < -0.4 is 9.64 Å². The number of hydrogen-bond acceptors (Lipinski definition) is 4. The second-order valence-corrected chi connectivity index (χ2v) is 6.70. The molecule has 27 heavy (non-hydrogen) atoms. The lowest BCUT2D eigenvalue weighted by Gasteiger charge is -2.23. The molecule has 1 aliphatic rings. The third kappa shape index (κ3) is 5.35. The van der Waals surface area contributed by atoms with Crippen LogP contribution in [0.1, 0.15) is 17.5 Å². The summed E-state index contributed by atoms with van der Waals surface area (Å²) in [6.07, 6.45) is -2.50. The Hall–Kier alpha value is -2.28. The van der Waals surface area contributed by atoms with E-state index < -0.39 is 11.7 Å². The average molecular weight is 379 g/mol. The molecule has 1 saturated heterocycles. The highest BCUT2D eigenvalue weighted by atomic mass is 19.4. The molecule has 0 amide bonds. The van der Waals surface area contributed by atoms with Crippen molar-refractivity contribution in [3.63, 3.8) is 0 Å². The Kier molecular flexibility index (Phi) is 6.21. The molecule has 3 rings (SSSR count). The maximum Gasteiger partial charge on any atom is 0.417 e. The number of benzene rings is 1. The van der Waals surface area contributed by atoms with Crippen molar-refractivity contribution in [1.29, 1.82) is 0 Å². The Morgan fingerprint density at radius 2 is 1.85 bits per heavy atom. The van der Waals surface area contributed by atoms with E-state index in [1.165, 1.54) is 6.07 Å². The summed E-state index contributed by atoms with van der Waals surface area (Å²) in [6.45, 7) is 6.76. The fourth-order valence-corrected chi connectivity index (χ4v) is 3.17. The van der Waals surface area contributed by atoms with Gasteiger partial charge in [0, 0.05) is 38.9 Å². The number of alkyl halides is 3. The monoisotopic (exact) mass is 379 g/mol. The molecule has 0 unspecified atom stereocenters. The predicted octanol–water partition coefficient (Wildman–Crippen LogP) is 4.00. The lowest BCUT2D eigenvalue weighted by atomic mass is 10.2. The van der Waals surface area contributed by atoms with Crippen molar-refractivity contribution in [3.05, 3.63) is 53.7 Å². The molecule has 1 aromatic carbocycles. The van der Waals surface area contributed by atoms with Gasteiger partial charge in [-0.1, -0.05) is 18.2 Å². The SMILES string of the molecule is Cc1ccccc1OCCN1CCCN(c2ccc(C(F)(F)F)cn2)CC1. The van der Waals surface area contributed by atoms with Crippen LogP contribution in [0.4, 0.5) is 19.0 Å². The Bertz CT molecular complexity index is 734. The normalized spacial score (nSPS) is 16.2. The highest BCUT2D eigenvalue weighted by molar-refractivity contribution is 5.40. The Morgan fingerprint density at radius 1 is 1.04 bits per heavy atom. The third-order valence-corrected chi connectivity index (χ3v) is 4.75. The first-order valence-electron chi connectivity index (χ1n) is 9.12. The average Bonchev–Trinajstić information content (AvgIpc) is 2.88. The van der Waals surface area contributed by atoms with Gasteiger partial charge in [-0.05, 0) is 37.1 Å². The highest BCUT2D eigenvalue weighted by Crippen LogP contribution is 2.29. The molecule has 1 aliphatic heterocycles. The van der Waals surface area contributed by atoms with Crippen molar-refractivity contribution in [2.24, 2.45) is 0 Å². The number of ether oxygens (including phenoxy) is 1. The number of aryl methyl sites for hydroxylation is 1. The van der Waals surface area contributed by atoms with Crippen LogP contribution in [-0.4, -0.2) is 49.2 Å². The summed E-state index contributed by atoms with van der Waals surface area (Å²) in [5.74, 6) is 1.50. The van der Waals surface area contributed by atoms with Crippen LogP contribution >= 0.6 is 0 Å². The first-order valence-corrected chi connectivity index (χ1v) is 9.12. The van der Waals surface area contributed by atoms with Gasteiger partial charge in [0.2, 0.25) is 0 Å². The molecule has 1 fully saturated rings. The number of para-hydroxylation sites is 1. The zero-order chi connectivity index (χ0) is 19.3. The number of nitrogens with zero attached hydrogens (tertiary/aromatic N) is 3. The first kappa shape index (κ1) is 19.5. The van der Waals surface area contributed by atoms with Gasteiger partial charge >= 0.3 is 6.18 Å². The first-order chi connectivity index (χ1) is 12.9. The maximum atomic E-state index is 12.7. The van der Waals surface area contributed by atoms with Crippen molar-refractivity contribution in [1.82, 2.24) is 9.88 Å². The second-order valence-electron chi connectivity index (χ2n) is 6.70. The van der Waals surface area contributed by atoms with E-state index in [0.717, 1.165) is 62.7 Å². The van der Waals surface area contributed by atoms with Gasteiger partial charge in [-0.25, -0.2) is 4.98 Å². The van der Waals surface area contributed by atoms with Crippen molar-refractivity contribution in [3.8, 4) is 5.75 Å². The van der Waals surface area contributed by atoms with Crippen LogP contribution in [0.2, 0.25) is 0 Å². The summed E-state index contributed by atoms with van der Waals surface area (Å²) < 4.78 is 43.9. The van der Waals surface area contributed by atoms with E-state index in [4.69, 9.17) is 4.74 Å². The molecule has 0 bridgehead atoms. The summed E-state index contributed by atoms with van der Waals surface area (Å²) in [7, 11) is 0. The zero-order valence-electron chi connectivity index (χ0n) is 15.4. The Labute approximate surface area is 157 Å². The van der Waals surface area contributed by atoms with Gasteiger partial charge in [0.25, 0.3) is 0 Å². The van der Waals surface area contributed by atoms with E-state index in [1.807, 2.05) is 36.1 Å². The molecule has 7 heteroatoms. The highest BCUT2D eigenvalue weighted by Gasteiger charge is 2.31. The number of anilines is 1. The molecule has 0 saturated carbocycles. The van der Waals surface area contributed by atoms with Crippen molar-refractivity contribution in [2.75, 3.05) is 44.2 Å². The van der Waals surface area contributed by atoms with Gasteiger partial charge in [0.15, 0.2) is 0 Å². The molecular weight excluding hydrogens is 355 g/mol. The largest absolute Gasteiger partial charge is 0.492 e. The molecule has 2 heterocycles. The van der Waals surface area contributed by atoms with Crippen molar-refractivity contribution in [2.45, 2.75) is 19.5 Å². The smallest absolute Gasteiger partial charge is 0.417 e. The number of hydrogen-bond donors (Lipinski definition) is 0. The van der Waals surface area contributed by atoms with Gasteiger partial charge in [-0.15, -0.1) is 0 Å². The summed E-state index contributed by atoms with van der Waals surface area (Å²) in [5, 5.41) is 0. The standard InChI is InChI=1S/C20H24F3N3O/c1-16-5-2-3-6-18(16)27-14-13-25-9-4-10-26(12-11-25)19-8-7-17(15-24-19)20(21,22)23/h2-3,5-8,15H,4,9-14H2,1H3. The minimum Gasteiger partial charge on any atom is -0.492 e. The topological polar surface area (TPSA) is 28.6 Å². The molecule has 2 aromatic rings. The van der Waals surface area contributed by atoms with E-state index >= 15 is 0 Å². The number of rotatable bonds is 5. The second kappa shape index (κ2) is 8.61. The van der Waals surface area contributed by atoms with E-state index in [0.29, 0.717) is 12.4 Å². The van der Waals surface area contributed by atoms with Crippen LogP contribution in [-0.2, 0) is 6.18 Å². The number of pyridine rings is 1. The molecule has 1 aromatic heterocycles. The lowest BCUT2D eigenvalue weighted by Crippen LogP contribution is -2.33. The summed E-state index contributed by atoms with van der Waals surface area (Å²) in [5.41, 5.74) is 0.406. The van der Waals surface area contributed by atoms with Crippen LogP contribution in [0.25, 0.3) is 0 Å². The van der Waals surface area contributed by atoms with E-state index in [-0.39, 0.29) is 0 Å². The van der Waals surface area contributed by atoms with Crippen molar-refractivity contribution >= 4 is 5.82 Å². The van der Waals surface area contributed by atoms with E-state index in [2.05, 4.69) is 9.88 Å². The molecular formula is C20H24F3N3O. The van der Waals surface area contributed by atoms with Gasteiger partial charge in [-0.3, -0.25) is 4.90 Å². The molecule has 4 nitrogen and oxygen atoms in total. The molecule has 0 atom stereocenters. The summed E-state index contributed by atoms with van der Waals surface area (Å²) in [6, 6.07) is 10.5. The van der Waals surface area contributed by atoms with Gasteiger partial charge in [-0.2, -0.15) is 13.2 Å². The quantitative estimate of drug-likeness (QED) is 0.785. The Balaban J connectivity index is 1.49. The van der Waals surface area contributed by atoms with E-state index in [1.54, 1.807) is 0 Å². The molecule has 0 N–H and O–H groups in total. The maximum absolute atomic E-state index is 12.7. The number of aromatic nitrogens is 1. The fourth-order valence-electron chi connectivity index (χ4n) is 3.17. The van der Waals surface area contributed by atoms with E-state index in [9.17, 15) is 13.2 Å². The Morgan fingerprint density at radius 3 is 2.56 bits per heavy atom. The number of halogens is 3. The molecule has 0 aliphatic carbocycles. The lowest BCUT2D eigenvalue weighted by molar-refractivity contribution is -0.137. The molecule has 0 radical (unpaired) electrons. The van der Waals surface area contributed by atoms with Gasteiger partial charge in [0.1, 0.15) is 18.2 Å². The summed E-state index contributed by atoms with van der Waals surface area (Å²) in [4.78, 5) is 8.38. The predicted molar refractivity (Wildman–Crippen MR) is 99.2 cm³/mol. The fraction of sp³-hybridized carbons (Fsp3) is 0.450. The molecule has 0 spiro atoms. The van der Waals surface area contributed by atoms with Crippen molar-refractivity contribution < 1.29 is 17.9 Å². The van der Waals surface area contributed by atoms with Crippen LogP contribution in [0.3, 0.4) is 0 Å². The van der Waals surface area contributed by atoms with Crippen LogP contribution in [0, 0.1) is 6.92 Å². The minimum absolute atomic E-state index is 0.598. The third-order valence-electron chi connectivity index (χ3n) is 4.75. The van der Waals surface area contributed by atoms with Gasteiger partial charge in [0.05, 0.1) is 5.56 Å². The van der Waals surface area contributed by atoms with Crippen LogP contribution in [0.15, 0.2) is 42.6 Å². The van der Waals surface area contributed by atoms with Crippen LogP contribution in [0.5, 0.6) is 5.75 Å². The minimum atomic E-state index is -4.35. The zero-order valence-corrected chi connectivity index (χ0v) is 15.4.